The number of carbonyl (C=O) groups excluding carboxylic acids is 4. The van der Waals surface area contributed by atoms with Gasteiger partial charge in [-0.05, 0) is 74.9 Å². The van der Waals surface area contributed by atoms with Gasteiger partial charge in [-0.3, -0.25) is 23.9 Å². The van der Waals surface area contributed by atoms with E-state index in [1.165, 1.54) is 18.3 Å². The number of likely N-dealkylation sites (N-methyl/N-ethyl adjacent to an activating group) is 1. The van der Waals surface area contributed by atoms with Crippen molar-refractivity contribution in [2.24, 2.45) is 11.3 Å². The van der Waals surface area contributed by atoms with Gasteiger partial charge in [0.2, 0.25) is 11.8 Å². The Balaban J connectivity index is 1.19. The zero-order valence-corrected chi connectivity index (χ0v) is 29.4. The Morgan fingerprint density at radius 2 is 1.80 bits per heavy atom. The van der Waals surface area contributed by atoms with Crippen molar-refractivity contribution < 1.29 is 23.6 Å². The summed E-state index contributed by atoms with van der Waals surface area (Å²) in [6.07, 6.45) is 11.3. The van der Waals surface area contributed by atoms with Gasteiger partial charge in [-0.25, -0.2) is 4.39 Å². The molecule has 50 heavy (non-hydrogen) atoms. The fraction of sp³-hybridized carbons (Fsp3) is 0.514. The number of carbonyl (C=O) groups is 4. The first-order valence-electron chi connectivity index (χ1n) is 17.3. The molecule has 4 amide bonds. The molecule has 3 N–H and O–H groups in total. The molecular weight excluding hydrogens is 662 g/mol. The van der Waals surface area contributed by atoms with Gasteiger partial charge in [0.25, 0.3) is 11.8 Å². The van der Waals surface area contributed by atoms with E-state index in [1.807, 2.05) is 33.0 Å². The molecule has 1 aromatic carbocycles. The topological polar surface area (TPSA) is 154 Å². The molecule has 2 aromatic heterocycles. The van der Waals surface area contributed by atoms with Gasteiger partial charge in [-0.2, -0.15) is 5.10 Å². The molecule has 2 fully saturated rings. The Morgan fingerprint density at radius 1 is 1.04 bits per heavy atom. The highest BCUT2D eigenvalue weighted by molar-refractivity contribution is 7.07. The molecule has 0 spiro atoms. The Kier molecular flexibility index (Phi) is 10.7. The third kappa shape index (κ3) is 7.33. The molecule has 3 atom stereocenters. The maximum absolute atomic E-state index is 15.8. The van der Waals surface area contributed by atoms with Crippen molar-refractivity contribution in [2.75, 3.05) is 38.5 Å². The van der Waals surface area contributed by atoms with Gasteiger partial charge >= 0.3 is 0 Å². The molecule has 266 valence electrons. The minimum Gasteiger partial charge on any atom is -0.343 e. The number of anilines is 1. The molecule has 15 heteroatoms. The van der Waals surface area contributed by atoms with Crippen LogP contribution in [-0.2, 0) is 16.0 Å². The average molecular weight is 706 g/mol. The van der Waals surface area contributed by atoms with Gasteiger partial charge < -0.3 is 25.8 Å². The van der Waals surface area contributed by atoms with E-state index < -0.39 is 29.2 Å². The lowest BCUT2D eigenvalue weighted by molar-refractivity contribution is -0.134. The lowest BCUT2D eigenvalue weighted by atomic mass is 9.58. The number of nitrogens with one attached hydrogen (secondary N) is 3. The van der Waals surface area contributed by atoms with E-state index in [9.17, 15) is 19.2 Å². The number of aromatic nitrogens is 4. The number of amides is 4. The second-order valence-electron chi connectivity index (χ2n) is 13.7. The molecule has 6 rings (SSSR count). The zero-order chi connectivity index (χ0) is 35.4. The van der Waals surface area contributed by atoms with Crippen LogP contribution >= 0.6 is 11.5 Å². The van der Waals surface area contributed by atoms with Crippen LogP contribution in [0.2, 0.25) is 0 Å². The summed E-state index contributed by atoms with van der Waals surface area (Å²) in [7, 11) is 1.99. The van der Waals surface area contributed by atoms with Crippen LogP contribution in [0, 0.1) is 17.2 Å². The van der Waals surface area contributed by atoms with Gasteiger partial charge in [-0.15, -0.1) is 5.10 Å². The second kappa shape index (κ2) is 15.2. The van der Waals surface area contributed by atoms with Crippen LogP contribution in [0.4, 0.5) is 10.1 Å². The van der Waals surface area contributed by atoms with E-state index in [0.29, 0.717) is 37.4 Å². The molecule has 3 aromatic rings. The monoisotopic (exact) mass is 705 g/mol. The molecule has 13 nitrogen and oxygen atoms in total. The Bertz CT molecular complexity index is 1730. The molecule has 0 radical (unpaired) electrons. The van der Waals surface area contributed by atoms with Crippen LogP contribution in [0.25, 0.3) is 0 Å². The standard InChI is InChI=1S/C35H44FN9O4S/c1-22(2)45-28(12-14-38-45)31(46)41-30-11-13-35(30,24-7-5-4-6-8-24)34(49)40-26-10-9-23(19-25(26)36)20-27(39-32(47)29-21-37-42-50-29)33(48)44-17-15-43(3)16-18-44/h9-14,19,21-22,24,27,30H,4-8,15-18,20H2,1-3H3,(H,39,47)(H,40,49)(H,41,46)/t27-,30?,35+/m1/s1. The lowest BCUT2D eigenvalue weighted by Gasteiger charge is -2.48. The minimum atomic E-state index is -1.04. The smallest absolute Gasteiger partial charge is 0.270 e. The van der Waals surface area contributed by atoms with Crippen molar-refractivity contribution in [3.63, 3.8) is 0 Å². The summed E-state index contributed by atoms with van der Waals surface area (Å²) >= 11 is 0.923. The van der Waals surface area contributed by atoms with Crippen LogP contribution in [0.1, 0.15) is 77.7 Å². The molecule has 0 bridgehead atoms. The van der Waals surface area contributed by atoms with Crippen LogP contribution in [-0.4, -0.2) is 98.1 Å². The van der Waals surface area contributed by atoms with Crippen molar-refractivity contribution >= 4 is 40.8 Å². The van der Waals surface area contributed by atoms with Crippen LogP contribution < -0.4 is 16.0 Å². The van der Waals surface area contributed by atoms with Gasteiger partial charge in [0.15, 0.2) is 0 Å². The fourth-order valence-electron chi connectivity index (χ4n) is 7.26. The second-order valence-corrected chi connectivity index (χ2v) is 14.5. The van der Waals surface area contributed by atoms with E-state index in [-0.39, 0.29) is 46.7 Å². The normalized spacial score (nSPS) is 21.8. The SMILES string of the molecule is CC(C)n1nccc1C(=O)NC1C=C[C@]1(C(=O)Nc1ccc(C[C@@H](NC(=O)c2cnns2)C(=O)N2CCN(C)CC2)cc1F)C1CCCCC1. The van der Waals surface area contributed by atoms with Crippen LogP contribution in [0.15, 0.2) is 48.8 Å². The van der Waals surface area contributed by atoms with Crippen molar-refractivity contribution in [1.82, 2.24) is 39.8 Å². The Labute approximate surface area is 294 Å². The first-order chi connectivity index (χ1) is 24.1. The number of halogens is 1. The molecule has 3 heterocycles. The summed E-state index contributed by atoms with van der Waals surface area (Å²) in [6.45, 7) is 6.33. The first kappa shape index (κ1) is 35.3. The molecular formula is C35H44FN9O4S. The van der Waals surface area contributed by atoms with Crippen molar-refractivity contribution in [1.29, 1.82) is 0 Å². The van der Waals surface area contributed by atoms with Crippen molar-refractivity contribution in [3.05, 3.63) is 70.8 Å². The highest BCUT2D eigenvalue weighted by Gasteiger charge is 2.54. The summed E-state index contributed by atoms with van der Waals surface area (Å²) in [4.78, 5) is 58.3. The predicted molar refractivity (Wildman–Crippen MR) is 186 cm³/mol. The maximum atomic E-state index is 15.8. The highest BCUT2D eigenvalue weighted by Crippen LogP contribution is 2.48. The summed E-state index contributed by atoms with van der Waals surface area (Å²) in [6, 6.07) is 4.54. The third-order valence-electron chi connectivity index (χ3n) is 10.2. The third-order valence-corrected chi connectivity index (χ3v) is 10.8. The lowest BCUT2D eigenvalue weighted by Crippen LogP contribution is -2.60. The van der Waals surface area contributed by atoms with Gasteiger partial charge in [0.05, 0.1) is 23.3 Å². The predicted octanol–water partition coefficient (Wildman–Crippen LogP) is 3.44. The summed E-state index contributed by atoms with van der Waals surface area (Å²) < 4.78 is 21.2. The number of hydrogen-bond acceptors (Lipinski definition) is 9. The van der Waals surface area contributed by atoms with Crippen molar-refractivity contribution in [2.45, 2.75) is 70.5 Å². The molecule has 1 saturated heterocycles. The number of benzene rings is 1. The Morgan fingerprint density at radius 3 is 2.44 bits per heavy atom. The van der Waals surface area contributed by atoms with Gasteiger partial charge in [-0.1, -0.05) is 42.0 Å². The Hall–Kier alpha value is -4.50. The zero-order valence-electron chi connectivity index (χ0n) is 28.6. The van der Waals surface area contributed by atoms with E-state index in [0.717, 1.165) is 43.6 Å². The quantitative estimate of drug-likeness (QED) is 0.257. The largest absolute Gasteiger partial charge is 0.343 e. The van der Waals surface area contributed by atoms with E-state index in [2.05, 4.69) is 35.5 Å². The van der Waals surface area contributed by atoms with Gasteiger partial charge in [0.1, 0.15) is 22.4 Å². The number of hydrogen-bond donors (Lipinski definition) is 3. The fourth-order valence-corrected chi connectivity index (χ4v) is 7.68. The molecule has 1 aliphatic heterocycles. The number of piperazine rings is 1. The molecule has 3 aliphatic rings. The molecule has 2 aliphatic carbocycles. The molecule has 1 saturated carbocycles. The van der Waals surface area contributed by atoms with Gasteiger partial charge in [0, 0.05) is 44.8 Å². The summed E-state index contributed by atoms with van der Waals surface area (Å²) in [5, 5.41) is 16.7. The van der Waals surface area contributed by atoms with Crippen LogP contribution in [0.5, 0.6) is 0 Å². The van der Waals surface area contributed by atoms with Crippen LogP contribution in [0.3, 0.4) is 0 Å². The van der Waals surface area contributed by atoms with E-state index in [1.54, 1.807) is 27.9 Å². The maximum Gasteiger partial charge on any atom is 0.270 e. The minimum absolute atomic E-state index is 0.00101. The summed E-state index contributed by atoms with van der Waals surface area (Å²) in [5.41, 5.74) is -0.157. The van der Waals surface area contributed by atoms with E-state index >= 15 is 4.39 Å². The number of nitrogens with zero attached hydrogens (tertiary/aromatic N) is 6. The first-order valence-corrected chi connectivity index (χ1v) is 18.0. The number of rotatable bonds is 11. The summed E-state index contributed by atoms with van der Waals surface area (Å²) in [5.74, 6) is -2.12. The van der Waals surface area contributed by atoms with Crippen molar-refractivity contribution in [3.8, 4) is 0 Å². The highest BCUT2D eigenvalue weighted by atomic mass is 32.1. The average Bonchev–Trinajstić information content (AvgIpc) is 3.82. The van der Waals surface area contributed by atoms with E-state index in [4.69, 9.17) is 0 Å². The molecule has 1 unspecified atom stereocenters.